The zero-order valence-electron chi connectivity index (χ0n) is 14.3. The highest BCUT2D eigenvalue weighted by molar-refractivity contribution is 7.98. The van der Waals surface area contributed by atoms with E-state index in [1.165, 1.54) is 10.5 Å². The van der Waals surface area contributed by atoms with Gasteiger partial charge >= 0.3 is 0 Å². The van der Waals surface area contributed by atoms with Gasteiger partial charge in [0.05, 0.1) is 6.26 Å². The van der Waals surface area contributed by atoms with Crippen molar-refractivity contribution in [3.8, 4) is 11.5 Å². The first kappa shape index (κ1) is 20.5. The van der Waals surface area contributed by atoms with Crippen LogP contribution in [-0.2, 0) is 16.7 Å². The fourth-order valence-corrected chi connectivity index (χ4v) is 2.25. The second-order valence-corrected chi connectivity index (χ2v) is 7.70. The predicted molar refractivity (Wildman–Crippen MR) is 99.6 cm³/mol. The first-order valence-electron chi connectivity index (χ1n) is 7.16. The molecule has 2 rings (SSSR count). The lowest BCUT2D eigenvalue weighted by Gasteiger charge is -2.14. The van der Waals surface area contributed by atoms with Gasteiger partial charge in [-0.1, -0.05) is 18.2 Å². The van der Waals surface area contributed by atoms with E-state index < -0.39 is 10.1 Å². The maximum Gasteiger partial charge on any atom is 0.261 e. The van der Waals surface area contributed by atoms with Crippen molar-refractivity contribution in [3.05, 3.63) is 54.1 Å². The van der Waals surface area contributed by atoms with E-state index in [9.17, 15) is 8.42 Å². The Hall–Kier alpha value is -1.54. The normalized spacial score (nSPS) is 10.9. The molecule has 24 heavy (non-hydrogen) atoms. The van der Waals surface area contributed by atoms with E-state index >= 15 is 0 Å². The van der Waals surface area contributed by atoms with Crippen molar-refractivity contribution in [1.82, 2.24) is 4.90 Å². The van der Waals surface area contributed by atoms with Crippen molar-refractivity contribution in [2.75, 3.05) is 26.6 Å². The van der Waals surface area contributed by atoms with Gasteiger partial charge in [-0.15, -0.1) is 11.8 Å². The highest BCUT2D eigenvalue weighted by atomic mass is 32.2. The van der Waals surface area contributed by atoms with Crippen LogP contribution in [0.1, 0.15) is 5.56 Å². The van der Waals surface area contributed by atoms with Gasteiger partial charge in [0.25, 0.3) is 10.1 Å². The van der Waals surface area contributed by atoms with Crippen molar-refractivity contribution in [2.24, 2.45) is 0 Å². The summed E-state index contributed by atoms with van der Waals surface area (Å²) in [6.45, 7) is 0.874. The Kier molecular flexibility index (Phi) is 8.27. The maximum atomic E-state index is 9.19. The first-order chi connectivity index (χ1) is 11.2. The van der Waals surface area contributed by atoms with Gasteiger partial charge in [-0.25, -0.2) is 0 Å². The second kappa shape index (κ2) is 9.68. The molecule has 0 radical (unpaired) electrons. The van der Waals surface area contributed by atoms with Crippen LogP contribution in [0.4, 0.5) is 0 Å². The number of hydrogen-bond donors (Lipinski definition) is 1. The van der Waals surface area contributed by atoms with E-state index in [2.05, 4.69) is 43.5 Å². The SMILES string of the molecule is CS(=O)(=O)O.CSc1ccc(Oc2ccccc2CN(C)C)cc1. The van der Waals surface area contributed by atoms with Gasteiger partial charge < -0.3 is 9.64 Å². The summed E-state index contributed by atoms with van der Waals surface area (Å²) < 4.78 is 31.8. The van der Waals surface area contributed by atoms with E-state index in [1.807, 2.05) is 30.3 Å². The van der Waals surface area contributed by atoms with Gasteiger partial charge in [-0.3, -0.25) is 4.55 Å². The molecule has 0 spiro atoms. The van der Waals surface area contributed by atoms with Gasteiger partial charge in [0.15, 0.2) is 0 Å². The van der Waals surface area contributed by atoms with Crippen molar-refractivity contribution in [3.63, 3.8) is 0 Å². The molecule has 0 aliphatic heterocycles. The molecule has 1 N–H and O–H groups in total. The lowest BCUT2D eigenvalue weighted by atomic mass is 10.2. The summed E-state index contributed by atoms with van der Waals surface area (Å²) in [5, 5.41) is 0. The fraction of sp³-hybridized carbons (Fsp3) is 0.294. The third kappa shape index (κ3) is 8.93. The molecule has 0 heterocycles. The molecule has 0 saturated heterocycles. The minimum Gasteiger partial charge on any atom is -0.457 e. The molecule has 0 fully saturated rings. The quantitative estimate of drug-likeness (QED) is 0.639. The Morgan fingerprint density at radius 3 is 2.12 bits per heavy atom. The molecule has 5 nitrogen and oxygen atoms in total. The second-order valence-electron chi connectivity index (χ2n) is 5.36. The zero-order chi connectivity index (χ0) is 18.2. The van der Waals surface area contributed by atoms with Crippen molar-refractivity contribution in [2.45, 2.75) is 11.4 Å². The zero-order valence-corrected chi connectivity index (χ0v) is 15.9. The molecule has 0 unspecified atom stereocenters. The molecule has 7 heteroatoms. The van der Waals surface area contributed by atoms with Crippen LogP contribution in [0.2, 0.25) is 0 Å². The molecular formula is C17H23NO4S2. The topological polar surface area (TPSA) is 66.8 Å². The number of rotatable bonds is 5. The summed E-state index contributed by atoms with van der Waals surface area (Å²) in [4.78, 5) is 3.38. The predicted octanol–water partition coefficient (Wildman–Crippen LogP) is 3.77. The number of ether oxygens (including phenoxy) is 1. The highest BCUT2D eigenvalue weighted by Gasteiger charge is 2.05. The number of benzene rings is 2. The minimum atomic E-state index is -3.67. The van der Waals surface area contributed by atoms with Crippen LogP contribution in [0.3, 0.4) is 0 Å². The Morgan fingerprint density at radius 1 is 1.08 bits per heavy atom. The van der Waals surface area contributed by atoms with Crippen molar-refractivity contribution in [1.29, 1.82) is 0 Å². The molecule has 0 aliphatic rings. The molecule has 0 aliphatic carbocycles. The van der Waals surface area contributed by atoms with Gasteiger partial charge in [0, 0.05) is 17.0 Å². The highest BCUT2D eigenvalue weighted by Crippen LogP contribution is 2.27. The summed E-state index contributed by atoms with van der Waals surface area (Å²) in [5.74, 6) is 1.80. The monoisotopic (exact) mass is 369 g/mol. The molecule has 0 atom stereocenters. The Morgan fingerprint density at radius 2 is 1.62 bits per heavy atom. The van der Waals surface area contributed by atoms with E-state index in [-0.39, 0.29) is 0 Å². The van der Waals surface area contributed by atoms with Crippen LogP contribution in [0, 0.1) is 0 Å². The van der Waals surface area contributed by atoms with Gasteiger partial charge in [-0.2, -0.15) is 8.42 Å². The van der Waals surface area contributed by atoms with Crippen LogP contribution >= 0.6 is 11.8 Å². The van der Waals surface area contributed by atoms with E-state index in [0.29, 0.717) is 6.26 Å². The molecular weight excluding hydrogens is 346 g/mol. The summed E-state index contributed by atoms with van der Waals surface area (Å²) in [6.07, 6.45) is 2.79. The Bertz CT molecular complexity index is 721. The lowest BCUT2D eigenvalue weighted by molar-refractivity contribution is 0.388. The largest absolute Gasteiger partial charge is 0.457 e. The summed E-state index contributed by atoms with van der Waals surface area (Å²) in [6, 6.07) is 16.3. The number of thioether (sulfide) groups is 1. The van der Waals surface area contributed by atoms with E-state index in [0.717, 1.165) is 18.0 Å². The smallest absolute Gasteiger partial charge is 0.261 e. The molecule has 0 amide bonds. The number of para-hydroxylation sites is 1. The van der Waals surface area contributed by atoms with E-state index in [4.69, 9.17) is 9.29 Å². The van der Waals surface area contributed by atoms with Gasteiger partial charge in [0.1, 0.15) is 11.5 Å². The molecule has 2 aromatic rings. The molecule has 0 aromatic heterocycles. The van der Waals surface area contributed by atoms with Crippen LogP contribution < -0.4 is 4.74 Å². The first-order valence-corrected chi connectivity index (χ1v) is 10.2. The summed E-state index contributed by atoms with van der Waals surface area (Å²) in [7, 11) is 0.452. The van der Waals surface area contributed by atoms with Crippen molar-refractivity contribution < 1.29 is 17.7 Å². The van der Waals surface area contributed by atoms with Gasteiger partial charge in [-0.05, 0) is 50.7 Å². The lowest BCUT2D eigenvalue weighted by Crippen LogP contribution is -2.11. The Labute approximate surface area is 148 Å². The van der Waals surface area contributed by atoms with Crippen LogP contribution in [0.25, 0.3) is 0 Å². The van der Waals surface area contributed by atoms with Gasteiger partial charge in [0.2, 0.25) is 0 Å². The maximum absolute atomic E-state index is 9.19. The van der Waals surface area contributed by atoms with Crippen LogP contribution in [0.15, 0.2) is 53.4 Å². The fourth-order valence-electron chi connectivity index (χ4n) is 1.85. The Balaban J connectivity index is 0.000000505. The van der Waals surface area contributed by atoms with Crippen LogP contribution in [0.5, 0.6) is 11.5 Å². The average molecular weight is 370 g/mol. The average Bonchev–Trinajstić information content (AvgIpc) is 2.48. The molecule has 132 valence electrons. The summed E-state index contributed by atoms with van der Waals surface area (Å²) >= 11 is 1.73. The number of nitrogens with zero attached hydrogens (tertiary/aromatic N) is 1. The third-order valence-corrected chi connectivity index (χ3v) is 3.49. The molecule has 0 bridgehead atoms. The molecule has 0 saturated carbocycles. The van der Waals surface area contributed by atoms with E-state index in [1.54, 1.807) is 11.8 Å². The standard InChI is InChI=1S/C16H19NOS.CH4O3S/c1-17(2)12-13-6-4-5-7-16(13)18-14-8-10-15(19-3)11-9-14;1-5(2,3)4/h4-11H,12H2,1-3H3;1H3,(H,2,3,4). The van der Waals surface area contributed by atoms with Crippen molar-refractivity contribution >= 4 is 21.9 Å². The minimum absolute atomic E-state index is 0.715. The molecule has 2 aromatic carbocycles. The van der Waals surface area contributed by atoms with Crippen LogP contribution in [-0.4, -0.2) is 44.5 Å². The number of hydrogen-bond acceptors (Lipinski definition) is 5. The summed E-state index contributed by atoms with van der Waals surface area (Å²) in [5.41, 5.74) is 1.20. The third-order valence-electron chi connectivity index (χ3n) is 2.75.